The molecule has 1 aromatic carbocycles. The molecule has 21 heavy (non-hydrogen) atoms. The Morgan fingerprint density at radius 1 is 1.43 bits per heavy atom. The highest BCUT2D eigenvalue weighted by atomic mass is 79.9. The molecule has 1 atom stereocenters. The van der Waals surface area contributed by atoms with Crippen LogP contribution in [0.25, 0.3) is 0 Å². The van der Waals surface area contributed by atoms with E-state index < -0.39 is 23.1 Å². The Hall–Kier alpha value is -1.24. The van der Waals surface area contributed by atoms with Crippen molar-refractivity contribution in [1.82, 2.24) is 0 Å². The molecule has 0 amide bonds. The van der Waals surface area contributed by atoms with Crippen molar-refractivity contribution in [2.45, 2.75) is 25.9 Å². The Balaban J connectivity index is 2.42. The lowest BCUT2D eigenvalue weighted by Crippen LogP contribution is -2.46. The number of benzene rings is 1. The third-order valence-electron chi connectivity index (χ3n) is 3.82. The lowest BCUT2D eigenvalue weighted by atomic mass is 9.81. The summed E-state index contributed by atoms with van der Waals surface area (Å²) in [6.45, 7) is 2.07. The summed E-state index contributed by atoms with van der Waals surface area (Å²) in [6.07, 6.45) is -3.45. The average Bonchev–Trinajstić information content (AvgIpc) is 2.37. The Kier molecular flexibility index (Phi) is 4.24. The van der Waals surface area contributed by atoms with Gasteiger partial charge >= 0.3 is 12.1 Å². The van der Waals surface area contributed by atoms with Crippen molar-refractivity contribution in [3.05, 3.63) is 28.2 Å². The van der Waals surface area contributed by atoms with Gasteiger partial charge in [0.05, 0.1) is 16.7 Å². The van der Waals surface area contributed by atoms with E-state index in [4.69, 9.17) is 0 Å². The van der Waals surface area contributed by atoms with Gasteiger partial charge in [-0.1, -0.05) is 15.9 Å². The molecule has 1 aliphatic rings. The Morgan fingerprint density at radius 2 is 2.10 bits per heavy atom. The molecule has 0 aliphatic carbocycles. The first-order valence-electron chi connectivity index (χ1n) is 6.48. The summed E-state index contributed by atoms with van der Waals surface area (Å²) in [5.41, 5.74) is -1.73. The first-order valence-corrected chi connectivity index (χ1v) is 7.28. The molecule has 0 aromatic heterocycles. The molecule has 7 heteroatoms. The fourth-order valence-electron chi connectivity index (χ4n) is 2.63. The van der Waals surface area contributed by atoms with Gasteiger partial charge in [0.15, 0.2) is 0 Å². The van der Waals surface area contributed by atoms with Crippen LogP contribution in [-0.4, -0.2) is 24.2 Å². The zero-order chi connectivity index (χ0) is 15.8. The van der Waals surface area contributed by atoms with Gasteiger partial charge in [0.1, 0.15) is 0 Å². The van der Waals surface area contributed by atoms with Gasteiger partial charge in [0.25, 0.3) is 0 Å². The van der Waals surface area contributed by atoms with E-state index in [0.717, 1.165) is 6.07 Å². The van der Waals surface area contributed by atoms with Gasteiger partial charge in [0.2, 0.25) is 0 Å². The Labute approximate surface area is 128 Å². The van der Waals surface area contributed by atoms with Crippen LogP contribution in [0, 0.1) is 5.41 Å². The number of carboxylic acids is 1. The number of alkyl halides is 3. The second-order valence-corrected chi connectivity index (χ2v) is 6.47. The van der Waals surface area contributed by atoms with Crippen molar-refractivity contribution in [2.75, 3.05) is 18.0 Å². The number of piperidine rings is 1. The van der Waals surface area contributed by atoms with Crippen molar-refractivity contribution >= 4 is 27.6 Å². The summed E-state index contributed by atoms with van der Waals surface area (Å²) in [7, 11) is 0. The fourth-order valence-corrected chi connectivity index (χ4v) is 2.97. The number of nitrogens with zero attached hydrogens (tertiary/aromatic N) is 1. The minimum atomic E-state index is -4.47. The fraction of sp³-hybridized carbons (Fsp3) is 0.500. The summed E-state index contributed by atoms with van der Waals surface area (Å²) in [5.74, 6) is -0.976. The lowest BCUT2D eigenvalue weighted by Gasteiger charge is -2.39. The van der Waals surface area contributed by atoms with Crippen LogP contribution in [0.3, 0.4) is 0 Å². The minimum Gasteiger partial charge on any atom is -0.481 e. The molecule has 0 bridgehead atoms. The zero-order valence-corrected chi connectivity index (χ0v) is 13.0. The zero-order valence-electron chi connectivity index (χ0n) is 11.4. The second-order valence-electron chi connectivity index (χ2n) is 5.55. The van der Waals surface area contributed by atoms with E-state index in [2.05, 4.69) is 15.9 Å². The molecule has 0 saturated carbocycles. The first kappa shape index (κ1) is 16.1. The van der Waals surface area contributed by atoms with Crippen LogP contribution in [0.5, 0.6) is 0 Å². The molecule has 0 radical (unpaired) electrons. The van der Waals surface area contributed by atoms with Crippen LogP contribution in [0.4, 0.5) is 18.9 Å². The molecule has 0 spiro atoms. The van der Waals surface area contributed by atoms with Crippen molar-refractivity contribution in [1.29, 1.82) is 0 Å². The number of halogens is 4. The van der Waals surface area contributed by atoms with E-state index >= 15 is 0 Å². The molecule has 3 nitrogen and oxygen atoms in total. The summed E-state index contributed by atoms with van der Waals surface area (Å²) >= 11 is 3.18. The minimum absolute atomic E-state index is 0.0315. The molecule has 1 N–H and O–H groups in total. The lowest BCUT2D eigenvalue weighted by molar-refractivity contribution is -0.148. The van der Waals surface area contributed by atoms with Gasteiger partial charge < -0.3 is 10.0 Å². The Morgan fingerprint density at radius 3 is 2.67 bits per heavy atom. The van der Waals surface area contributed by atoms with Crippen LogP contribution in [0.1, 0.15) is 25.3 Å². The average molecular weight is 366 g/mol. The van der Waals surface area contributed by atoms with Crippen LogP contribution < -0.4 is 4.90 Å². The van der Waals surface area contributed by atoms with E-state index in [1.807, 2.05) is 0 Å². The summed E-state index contributed by atoms with van der Waals surface area (Å²) in [6, 6.07) is 3.76. The molecular weight excluding hydrogens is 351 g/mol. The topological polar surface area (TPSA) is 40.5 Å². The molecule has 1 unspecified atom stereocenters. The predicted molar refractivity (Wildman–Crippen MR) is 76.3 cm³/mol. The number of hydrogen-bond acceptors (Lipinski definition) is 2. The molecule has 1 heterocycles. The van der Waals surface area contributed by atoms with Crippen molar-refractivity contribution in [3.8, 4) is 0 Å². The van der Waals surface area contributed by atoms with Gasteiger partial charge in [-0.2, -0.15) is 13.2 Å². The monoisotopic (exact) mass is 365 g/mol. The van der Waals surface area contributed by atoms with Gasteiger partial charge in [0, 0.05) is 17.6 Å². The maximum atomic E-state index is 13.1. The van der Waals surface area contributed by atoms with Crippen LogP contribution in [0.2, 0.25) is 0 Å². The molecule has 1 saturated heterocycles. The van der Waals surface area contributed by atoms with E-state index in [9.17, 15) is 23.1 Å². The maximum absolute atomic E-state index is 13.1. The third-order valence-corrected chi connectivity index (χ3v) is 4.31. The van der Waals surface area contributed by atoms with Crippen molar-refractivity contribution in [2.24, 2.45) is 5.41 Å². The quantitative estimate of drug-likeness (QED) is 0.855. The number of hydrogen-bond donors (Lipinski definition) is 1. The van der Waals surface area contributed by atoms with Crippen LogP contribution >= 0.6 is 15.9 Å². The SMILES string of the molecule is CC1(C(=O)O)CCCN(c2cc(Br)ccc2C(F)(F)F)C1. The highest BCUT2D eigenvalue weighted by molar-refractivity contribution is 9.10. The first-order chi connectivity index (χ1) is 9.63. The number of aliphatic carboxylic acids is 1. The van der Waals surface area contributed by atoms with E-state index in [1.54, 1.807) is 6.92 Å². The van der Waals surface area contributed by atoms with Gasteiger partial charge in [-0.25, -0.2) is 0 Å². The van der Waals surface area contributed by atoms with Crippen LogP contribution in [-0.2, 0) is 11.0 Å². The third kappa shape index (κ3) is 3.33. The number of carbonyl (C=O) groups is 1. The number of anilines is 1. The maximum Gasteiger partial charge on any atom is 0.418 e. The molecule has 2 rings (SSSR count). The standard InChI is InChI=1S/C14H15BrF3NO2/c1-13(12(20)21)5-2-6-19(8-13)11-7-9(15)3-4-10(11)14(16,17)18/h3-4,7H,2,5-6,8H2,1H3,(H,20,21). The molecular formula is C14H15BrF3NO2. The molecule has 1 fully saturated rings. The van der Waals surface area contributed by atoms with E-state index in [-0.39, 0.29) is 12.2 Å². The van der Waals surface area contributed by atoms with E-state index in [1.165, 1.54) is 17.0 Å². The molecule has 1 aromatic rings. The predicted octanol–water partition coefficient (Wildman–Crippen LogP) is 4.16. The highest BCUT2D eigenvalue weighted by Crippen LogP contribution is 2.41. The Bertz CT molecular complexity index is 562. The largest absolute Gasteiger partial charge is 0.481 e. The highest BCUT2D eigenvalue weighted by Gasteiger charge is 2.41. The van der Waals surface area contributed by atoms with Crippen molar-refractivity contribution in [3.63, 3.8) is 0 Å². The molecule has 1 aliphatic heterocycles. The number of rotatable bonds is 2. The van der Waals surface area contributed by atoms with E-state index in [0.29, 0.717) is 23.9 Å². The summed E-state index contributed by atoms with van der Waals surface area (Å²) in [5, 5.41) is 9.29. The van der Waals surface area contributed by atoms with Crippen LogP contribution in [0.15, 0.2) is 22.7 Å². The number of carboxylic acid groups (broad SMARTS) is 1. The smallest absolute Gasteiger partial charge is 0.418 e. The van der Waals surface area contributed by atoms with Gasteiger partial charge in [-0.15, -0.1) is 0 Å². The normalized spacial score (nSPS) is 23.2. The summed E-state index contributed by atoms with van der Waals surface area (Å²) in [4.78, 5) is 12.9. The summed E-state index contributed by atoms with van der Waals surface area (Å²) < 4.78 is 39.9. The van der Waals surface area contributed by atoms with Gasteiger partial charge in [-0.05, 0) is 38.0 Å². The second kappa shape index (κ2) is 5.51. The van der Waals surface area contributed by atoms with Gasteiger partial charge in [-0.3, -0.25) is 4.79 Å². The molecule has 116 valence electrons. The van der Waals surface area contributed by atoms with Crippen molar-refractivity contribution < 1.29 is 23.1 Å².